The molecule has 0 heterocycles. The van der Waals surface area contributed by atoms with E-state index >= 15 is 0 Å². The first kappa shape index (κ1) is 20.4. The molecular formula is C19H42P+. The average Bonchev–Trinajstić information content (AvgIpc) is 2.48. The van der Waals surface area contributed by atoms with Gasteiger partial charge in [0.1, 0.15) is 0 Å². The highest BCUT2D eigenvalue weighted by Gasteiger charge is 2.34. The van der Waals surface area contributed by atoms with E-state index in [1.54, 1.807) is 24.6 Å². The van der Waals surface area contributed by atoms with Crippen molar-refractivity contribution in [2.24, 2.45) is 0 Å². The summed E-state index contributed by atoms with van der Waals surface area (Å²) in [6.45, 7) is 9.43. The van der Waals surface area contributed by atoms with Gasteiger partial charge in [0.05, 0.1) is 24.6 Å². The Morgan fingerprint density at radius 2 is 0.750 bits per heavy atom. The van der Waals surface area contributed by atoms with Crippen molar-refractivity contribution in [2.75, 3.05) is 24.6 Å². The lowest BCUT2D eigenvalue weighted by molar-refractivity contribution is 0.655. The second kappa shape index (κ2) is 14.4. The van der Waals surface area contributed by atoms with E-state index in [-0.39, 0.29) is 0 Å². The minimum absolute atomic E-state index is 0.594. The Kier molecular flexibility index (Phi) is 14.7. The topological polar surface area (TPSA) is 0 Å². The average molecular weight is 302 g/mol. The van der Waals surface area contributed by atoms with E-state index in [0.29, 0.717) is 0 Å². The lowest BCUT2D eigenvalue weighted by atomic mass is 10.2. The summed E-state index contributed by atoms with van der Waals surface area (Å²) in [5.41, 5.74) is 0. The molecule has 0 rings (SSSR count). The Morgan fingerprint density at radius 1 is 0.400 bits per heavy atom. The summed E-state index contributed by atoms with van der Waals surface area (Å²) in [6, 6.07) is 0. The van der Waals surface area contributed by atoms with E-state index in [1.807, 2.05) is 0 Å². The van der Waals surface area contributed by atoms with Crippen molar-refractivity contribution in [3.05, 3.63) is 0 Å². The van der Waals surface area contributed by atoms with Gasteiger partial charge in [0.2, 0.25) is 0 Å². The summed E-state index contributed by atoms with van der Waals surface area (Å²) in [5, 5.41) is 0. The summed E-state index contributed by atoms with van der Waals surface area (Å²) in [4.78, 5) is 0. The highest BCUT2D eigenvalue weighted by molar-refractivity contribution is 7.75. The fourth-order valence-corrected chi connectivity index (χ4v) is 8.40. The quantitative estimate of drug-likeness (QED) is 0.219. The SMILES string of the molecule is CCCCCCC[P+](CCCC)(CCCC)CCCC. The summed E-state index contributed by atoms with van der Waals surface area (Å²) < 4.78 is 0. The largest absolute Gasteiger partial charge is 0.0654 e. The maximum atomic E-state index is 2.37. The normalized spacial score (nSPS) is 12.0. The minimum Gasteiger partial charge on any atom is -0.0654 e. The zero-order chi connectivity index (χ0) is 15.1. The molecule has 0 N–H and O–H groups in total. The Balaban J connectivity index is 4.34. The molecule has 0 aliphatic rings. The van der Waals surface area contributed by atoms with Crippen LogP contribution in [0.4, 0.5) is 0 Å². The molecule has 0 saturated carbocycles. The first-order chi connectivity index (χ1) is 9.74. The van der Waals surface area contributed by atoms with E-state index in [9.17, 15) is 0 Å². The molecule has 0 radical (unpaired) electrons. The maximum Gasteiger partial charge on any atom is 0.0594 e. The van der Waals surface area contributed by atoms with E-state index in [1.165, 1.54) is 70.6 Å². The van der Waals surface area contributed by atoms with E-state index in [4.69, 9.17) is 0 Å². The summed E-state index contributed by atoms with van der Waals surface area (Å²) in [7, 11) is -0.594. The molecule has 122 valence electrons. The van der Waals surface area contributed by atoms with Gasteiger partial charge < -0.3 is 0 Å². The van der Waals surface area contributed by atoms with Gasteiger partial charge in [-0.3, -0.25) is 0 Å². The fraction of sp³-hybridized carbons (Fsp3) is 1.00. The van der Waals surface area contributed by atoms with Gasteiger partial charge in [0.15, 0.2) is 0 Å². The molecule has 0 atom stereocenters. The molecule has 0 unspecified atom stereocenters. The summed E-state index contributed by atoms with van der Waals surface area (Å²) in [5.74, 6) is 0. The minimum atomic E-state index is -0.594. The highest BCUT2D eigenvalue weighted by Crippen LogP contribution is 2.61. The van der Waals surface area contributed by atoms with E-state index < -0.39 is 7.26 Å². The van der Waals surface area contributed by atoms with Crippen molar-refractivity contribution >= 4 is 7.26 Å². The van der Waals surface area contributed by atoms with Gasteiger partial charge in [0, 0.05) is 7.26 Å². The van der Waals surface area contributed by atoms with Crippen LogP contribution in [0.2, 0.25) is 0 Å². The van der Waals surface area contributed by atoms with Crippen molar-refractivity contribution in [1.29, 1.82) is 0 Å². The van der Waals surface area contributed by atoms with Crippen LogP contribution in [0, 0.1) is 0 Å². The molecule has 0 aliphatic heterocycles. The Hall–Kier alpha value is 0.430. The van der Waals surface area contributed by atoms with E-state index in [0.717, 1.165) is 0 Å². The van der Waals surface area contributed by atoms with E-state index in [2.05, 4.69) is 27.7 Å². The number of hydrogen-bond acceptors (Lipinski definition) is 0. The van der Waals surface area contributed by atoms with Crippen molar-refractivity contribution in [3.63, 3.8) is 0 Å². The lowest BCUT2D eigenvalue weighted by Crippen LogP contribution is -2.13. The predicted octanol–water partition coefficient (Wildman–Crippen LogP) is 7.37. The molecule has 0 saturated heterocycles. The molecule has 0 fully saturated rings. The van der Waals surface area contributed by atoms with Crippen LogP contribution in [-0.4, -0.2) is 24.6 Å². The third-order valence-electron chi connectivity index (χ3n) is 4.69. The van der Waals surface area contributed by atoms with Gasteiger partial charge in [-0.15, -0.1) is 0 Å². The standard InChI is InChI=1S/C19H42P/c1-5-9-13-14-15-19-20(16-10-6-2,17-11-7-3)18-12-8-4/h5-19H2,1-4H3/q+1. The molecular weight excluding hydrogens is 259 g/mol. The van der Waals surface area contributed by atoms with Crippen LogP contribution in [0.15, 0.2) is 0 Å². The molecule has 0 amide bonds. The molecule has 0 spiro atoms. The first-order valence-corrected chi connectivity index (χ1v) is 12.1. The number of unbranched alkanes of at least 4 members (excludes halogenated alkanes) is 7. The van der Waals surface area contributed by atoms with Crippen LogP contribution in [0.1, 0.15) is 98.3 Å². The van der Waals surface area contributed by atoms with Crippen LogP contribution < -0.4 is 0 Å². The van der Waals surface area contributed by atoms with Gasteiger partial charge in [-0.1, -0.05) is 66.2 Å². The molecule has 0 nitrogen and oxygen atoms in total. The summed E-state index contributed by atoms with van der Waals surface area (Å²) in [6.07, 6.45) is 22.5. The van der Waals surface area contributed by atoms with Gasteiger partial charge >= 0.3 is 0 Å². The summed E-state index contributed by atoms with van der Waals surface area (Å²) >= 11 is 0. The third kappa shape index (κ3) is 10.2. The lowest BCUT2D eigenvalue weighted by Gasteiger charge is -2.28. The second-order valence-electron chi connectivity index (χ2n) is 6.71. The second-order valence-corrected chi connectivity index (χ2v) is 11.2. The maximum absolute atomic E-state index is 2.37. The van der Waals surface area contributed by atoms with Crippen molar-refractivity contribution in [2.45, 2.75) is 98.3 Å². The van der Waals surface area contributed by atoms with Crippen LogP contribution in [0.5, 0.6) is 0 Å². The molecule has 0 bridgehead atoms. The van der Waals surface area contributed by atoms with Gasteiger partial charge in [-0.25, -0.2) is 0 Å². The Labute approximate surface area is 130 Å². The van der Waals surface area contributed by atoms with Crippen molar-refractivity contribution < 1.29 is 0 Å². The first-order valence-electron chi connectivity index (χ1n) is 9.59. The zero-order valence-electron chi connectivity index (χ0n) is 15.1. The van der Waals surface area contributed by atoms with Crippen LogP contribution in [0.25, 0.3) is 0 Å². The monoisotopic (exact) mass is 301 g/mol. The molecule has 1 heteroatoms. The Morgan fingerprint density at radius 3 is 1.15 bits per heavy atom. The molecule has 0 aromatic carbocycles. The van der Waals surface area contributed by atoms with Gasteiger partial charge in [-0.05, 0) is 32.1 Å². The van der Waals surface area contributed by atoms with Crippen LogP contribution >= 0.6 is 7.26 Å². The fourth-order valence-electron chi connectivity index (χ4n) is 3.20. The van der Waals surface area contributed by atoms with Crippen LogP contribution in [0.3, 0.4) is 0 Å². The van der Waals surface area contributed by atoms with Gasteiger partial charge in [0.25, 0.3) is 0 Å². The van der Waals surface area contributed by atoms with Crippen molar-refractivity contribution in [3.8, 4) is 0 Å². The Bertz CT molecular complexity index is 166. The molecule has 0 aromatic rings. The van der Waals surface area contributed by atoms with Crippen LogP contribution in [-0.2, 0) is 0 Å². The third-order valence-corrected chi connectivity index (χ3v) is 9.75. The zero-order valence-corrected chi connectivity index (χ0v) is 15.9. The number of rotatable bonds is 15. The predicted molar refractivity (Wildman–Crippen MR) is 99.9 cm³/mol. The van der Waals surface area contributed by atoms with Crippen molar-refractivity contribution in [1.82, 2.24) is 0 Å². The number of hydrogen-bond donors (Lipinski definition) is 0. The highest BCUT2D eigenvalue weighted by atomic mass is 31.2. The smallest absolute Gasteiger partial charge is 0.0594 e. The van der Waals surface area contributed by atoms with Gasteiger partial charge in [-0.2, -0.15) is 0 Å². The molecule has 0 aliphatic carbocycles. The molecule has 20 heavy (non-hydrogen) atoms. The molecule has 0 aromatic heterocycles.